The zero-order chi connectivity index (χ0) is 14.2. The van der Waals surface area contributed by atoms with Crippen LogP contribution in [0.4, 0.5) is 0 Å². The zero-order valence-corrected chi connectivity index (χ0v) is 13.8. The number of phenols is 1. The van der Waals surface area contributed by atoms with Crippen molar-refractivity contribution >= 4 is 15.9 Å². The van der Waals surface area contributed by atoms with Crippen LogP contribution in [0.15, 0.2) is 4.47 Å². The molecule has 0 spiro atoms. The summed E-state index contributed by atoms with van der Waals surface area (Å²) >= 11 is 3.67. The van der Waals surface area contributed by atoms with Gasteiger partial charge in [0.1, 0.15) is 5.75 Å². The van der Waals surface area contributed by atoms with Gasteiger partial charge in [-0.3, -0.25) is 4.90 Å². The van der Waals surface area contributed by atoms with E-state index in [-0.39, 0.29) is 6.04 Å². The molecular weight excluding hydrogens is 304 g/mol. The van der Waals surface area contributed by atoms with Gasteiger partial charge in [-0.15, -0.1) is 0 Å². The third-order valence-corrected chi connectivity index (χ3v) is 5.54. The van der Waals surface area contributed by atoms with Crippen LogP contribution in [-0.2, 0) is 0 Å². The van der Waals surface area contributed by atoms with Gasteiger partial charge in [-0.25, -0.2) is 0 Å². The first-order chi connectivity index (χ1) is 8.95. The van der Waals surface area contributed by atoms with Crippen LogP contribution in [0.3, 0.4) is 0 Å². The fraction of sp³-hybridized carbons (Fsp3) is 0.600. The van der Waals surface area contributed by atoms with Gasteiger partial charge in [0, 0.05) is 42.3 Å². The molecule has 1 aliphatic rings. The number of hydrogen-bond acceptors (Lipinski definition) is 3. The van der Waals surface area contributed by atoms with E-state index in [9.17, 15) is 5.11 Å². The molecule has 1 aliphatic heterocycles. The SMILES string of the molecule is Cc1c(C)c(Br)c(C)c(C(C)N2CCNCC2)c1O. The quantitative estimate of drug-likeness (QED) is 0.876. The first kappa shape index (κ1) is 14.8. The summed E-state index contributed by atoms with van der Waals surface area (Å²) < 4.78 is 1.12. The van der Waals surface area contributed by atoms with Crippen molar-refractivity contribution in [3.63, 3.8) is 0 Å². The number of hydrogen-bond donors (Lipinski definition) is 2. The van der Waals surface area contributed by atoms with Gasteiger partial charge in [0.2, 0.25) is 0 Å². The molecule has 0 aromatic heterocycles. The van der Waals surface area contributed by atoms with Crippen molar-refractivity contribution in [2.45, 2.75) is 33.7 Å². The average Bonchev–Trinajstić information content (AvgIpc) is 2.44. The maximum Gasteiger partial charge on any atom is 0.123 e. The van der Waals surface area contributed by atoms with Crippen molar-refractivity contribution in [3.05, 3.63) is 26.7 Å². The number of nitrogens with one attached hydrogen (secondary N) is 1. The zero-order valence-electron chi connectivity index (χ0n) is 12.2. The van der Waals surface area contributed by atoms with Crippen LogP contribution < -0.4 is 5.32 Å². The predicted molar refractivity (Wildman–Crippen MR) is 82.9 cm³/mol. The molecule has 1 saturated heterocycles. The summed E-state index contributed by atoms with van der Waals surface area (Å²) in [5, 5.41) is 13.9. The lowest BCUT2D eigenvalue weighted by Gasteiger charge is -2.34. The van der Waals surface area contributed by atoms with Gasteiger partial charge in [0.05, 0.1) is 0 Å². The Morgan fingerprint density at radius 1 is 1.11 bits per heavy atom. The summed E-state index contributed by atoms with van der Waals surface area (Å²) in [6.07, 6.45) is 0. The molecule has 0 radical (unpaired) electrons. The average molecular weight is 327 g/mol. The van der Waals surface area contributed by atoms with Crippen LogP contribution in [-0.4, -0.2) is 36.2 Å². The molecular formula is C15H23BrN2O. The Morgan fingerprint density at radius 2 is 1.68 bits per heavy atom. The summed E-state index contributed by atoms with van der Waals surface area (Å²) in [5.41, 5.74) is 4.34. The van der Waals surface area contributed by atoms with Gasteiger partial charge in [-0.2, -0.15) is 0 Å². The van der Waals surface area contributed by atoms with Crippen molar-refractivity contribution in [2.24, 2.45) is 0 Å². The van der Waals surface area contributed by atoms with E-state index in [4.69, 9.17) is 0 Å². The molecule has 2 N–H and O–H groups in total. The molecule has 1 aromatic rings. The van der Waals surface area contributed by atoms with Crippen LogP contribution in [0, 0.1) is 20.8 Å². The van der Waals surface area contributed by atoms with E-state index < -0.39 is 0 Å². The predicted octanol–water partition coefficient (Wildman–Crippen LogP) is 3.05. The van der Waals surface area contributed by atoms with Gasteiger partial charge in [0.15, 0.2) is 0 Å². The van der Waals surface area contributed by atoms with Crippen molar-refractivity contribution in [2.75, 3.05) is 26.2 Å². The summed E-state index contributed by atoms with van der Waals surface area (Å²) in [6, 6.07) is 0.248. The molecule has 0 bridgehead atoms. The standard InChI is InChI=1S/C15H23BrN2O/c1-9-10(2)15(19)13(11(3)14(9)16)12(4)18-7-5-17-6-8-18/h12,17,19H,5-8H2,1-4H3. The molecule has 106 valence electrons. The van der Waals surface area contributed by atoms with Gasteiger partial charge in [0.25, 0.3) is 0 Å². The second-order valence-electron chi connectivity index (χ2n) is 5.41. The highest BCUT2D eigenvalue weighted by molar-refractivity contribution is 9.10. The van der Waals surface area contributed by atoms with Crippen molar-refractivity contribution in [3.8, 4) is 5.75 Å². The topological polar surface area (TPSA) is 35.5 Å². The number of aromatic hydroxyl groups is 1. The smallest absolute Gasteiger partial charge is 0.123 e. The summed E-state index contributed by atoms with van der Waals surface area (Å²) in [5.74, 6) is 0.462. The minimum atomic E-state index is 0.248. The lowest BCUT2D eigenvalue weighted by molar-refractivity contribution is 0.182. The Kier molecular flexibility index (Phi) is 4.54. The molecule has 1 aromatic carbocycles. The monoisotopic (exact) mass is 326 g/mol. The fourth-order valence-corrected chi connectivity index (χ4v) is 3.40. The molecule has 0 amide bonds. The first-order valence-corrected chi connectivity index (χ1v) is 7.67. The second-order valence-corrected chi connectivity index (χ2v) is 6.21. The maximum atomic E-state index is 10.5. The van der Waals surface area contributed by atoms with Crippen LogP contribution in [0.5, 0.6) is 5.75 Å². The number of phenolic OH excluding ortho intramolecular Hbond substituents is 1. The van der Waals surface area contributed by atoms with Gasteiger partial charge < -0.3 is 10.4 Å². The number of halogens is 1. The van der Waals surface area contributed by atoms with Gasteiger partial charge >= 0.3 is 0 Å². The number of benzene rings is 1. The Balaban J connectivity index is 2.43. The summed E-state index contributed by atoms with van der Waals surface area (Å²) in [7, 11) is 0. The largest absolute Gasteiger partial charge is 0.507 e. The van der Waals surface area contributed by atoms with Crippen molar-refractivity contribution < 1.29 is 5.11 Å². The molecule has 1 heterocycles. The fourth-order valence-electron chi connectivity index (χ4n) is 2.88. The van der Waals surface area contributed by atoms with E-state index in [1.807, 2.05) is 13.8 Å². The molecule has 0 aliphatic carbocycles. The number of nitrogens with zero attached hydrogens (tertiary/aromatic N) is 1. The molecule has 1 atom stereocenters. The molecule has 2 rings (SSSR count). The highest BCUT2D eigenvalue weighted by Gasteiger charge is 2.25. The van der Waals surface area contributed by atoms with Crippen molar-refractivity contribution in [1.82, 2.24) is 10.2 Å². The molecule has 0 saturated carbocycles. The van der Waals surface area contributed by atoms with E-state index in [0.29, 0.717) is 5.75 Å². The Hall–Kier alpha value is -0.580. The second kappa shape index (κ2) is 5.81. The van der Waals surface area contributed by atoms with E-state index >= 15 is 0 Å². The molecule has 3 nitrogen and oxygen atoms in total. The van der Waals surface area contributed by atoms with E-state index in [1.54, 1.807) is 0 Å². The highest BCUT2D eigenvalue weighted by atomic mass is 79.9. The van der Waals surface area contributed by atoms with Crippen molar-refractivity contribution in [1.29, 1.82) is 0 Å². The maximum absolute atomic E-state index is 10.5. The van der Waals surface area contributed by atoms with Crippen LogP contribution in [0.25, 0.3) is 0 Å². The number of rotatable bonds is 2. The first-order valence-electron chi connectivity index (χ1n) is 6.88. The van der Waals surface area contributed by atoms with Crippen LogP contribution in [0.1, 0.15) is 35.2 Å². The minimum Gasteiger partial charge on any atom is -0.507 e. The molecule has 1 fully saturated rings. The van der Waals surface area contributed by atoms with E-state index in [1.165, 1.54) is 0 Å². The molecule has 19 heavy (non-hydrogen) atoms. The lowest BCUT2D eigenvalue weighted by Crippen LogP contribution is -2.44. The van der Waals surface area contributed by atoms with E-state index in [0.717, 1.165) is 52.9 Å². The molecule has 4 heteroatoms. The normalized spacial score (nSPS) is 18.6. The highest BCUT2D eigenvalue weighted by Crippen LogP contribution is 2.40. The minimum absolute atomic E-state index is 0.248. The Bertz CT molecular complexity index is 453. The summed E-state index contributed by atoms with van der Waals surface area (Å²) in [4.78, 5) is 2.43. The lowest BCUT2D eigenvalue weighted by atomic mass is 9.94. The number of piperazine rings is 1. The third kappa shape index (κ3) is 2.67. The van der Waals surface area contributed by atoms with Gasteiger partial charge in [-0.1, -0.05) is 15.9 Å². The van der Waals surface area contributed by atoms with Crippen LogP contribution >= 0.6 is 15.9 Å². The van der Waals surface area contributed by atoms with E-state index in [2.05, 4.69) is 40.0 Å². The third-order valence-electron chi connectivity index (χ3n) is 4.35. The van der Waals surface area contributed by atoms with Gasteiger partial charge in [-0.05, 0) is 44.4 Å². The van der Waals surface area contributed by atoms with Crippen LogP contribution in [0.2, 0.25) is 0 Å². The Morgan fingerprint density at radius 3 is 2.26 bits per heavy atom. The molecule has 1 unspecified atom stereocenters. The Labute approximate surface area is 124 Å². The summed E-state index contributed by atoms with van der Waals surface area (Å²) in [6.45, 7) is 12.4.